The van der Waals surface area contributed by atoms with Crippen LogP contribution in [0.15, 0.2) is 42.6 Å². The van der Waals surface area contributed by atoms with Gasteiger partial charge in [-0.2, -0.15) is 0 Å². The van der Waals surface area contributed by atoms with E-state index in [1.54, 1.807) is 15.9 Å². The molecule has 2 amide bonds. The maximum absolute atomic E-state index is 12.7. The first kappa shape index (κ1) is 20.3. The average molecular weight is 410 g/mol. The van der Waals surface area contributed by atoms with Gasteiger partial charge in [-0.15, -0.1) is 0 Å². The average Bonchev–Trinajstić information content (AvgIpc) is 3.07. The molecule has 1 fully saturated rings. The van der Waals surface area contributed by atoms with Crippen molar-refractivity contribution < 1.29 is 19.8 Å². The third-order valence-electron chi connectivity index (χ3n) is 5.72. The first-order valence-electron chi connectivity index (χ1n) is 10.2. The van der Waals surface area contributed by atoms with Crippen LogP contribution in [0.3, 0.4) is 0 Å². The smallest absolute Gasteiger partial charge is 0.337 e. The molecule has 1 saturated heterocycles. The molecule has 0 saturated carbocycles. The van der Waals surface area contributed by atoms with Crippen molar-refractivity contribution in [3.63, 3.8) is 0 Å². The number of aromatic carboxylic acids is 1. The Labute approximate surface area is 175 Å². The van der Waals surface area contributed by atoms with Crippen LogP contribution in [0.4, 0.5) is 4.79 Å². The van der Waals surface area contributed by atoms with E-state index in [0.29, 0.717) is 38.4 Å². The van der Waals surface area contributed by atoms with E-state index in [4.69, 9.17) is 5.11 Å². The number of carbonyl (C=O) groups is 2. The lowest BCUT2D eigenvalue weighted by molar-refractivity contribution is 0.0696. The van der Waals surface area contributed by atoms with Crippen molar-refractivity contribution in [2.24, 2.45) is 0 Å². The molecule has 158 valence electrons. The van der Waals surface area contributed by atoms with E-state index in [-0.39, 0.29) is 11.6 Å². The van der Waals surface area contributed by atoms with Crippen LogP contribution in [-0.2, 0) is 19.5 Å². The summed E-state index contributed by atoms with van der Waals surface area (Å²) < 4.78 is 0. The molecule has 3 heterocycles. The van der Waals surface area contributed by atoms with Crippen LogP contribution >= 0.6 is 0 Å². The summed E-state index contributed by atoms with van der Waals surface area (Å²) in [7, 11) is 0. The molecule has 2 aliphatic heterocycles. The van der Waals surface area contributed by atoms with Crippen LogP contribution in [0, 0.1) is 0 Å². The Hall–Kier alpha value is -2.97. The van der Waals surface area contributed by atoms with Crippen molar-refractivity contribution >= 4 is 12.0 Å². The van der Waals surface area contributed by atoms with E-state index in [1.807, 2.05) is 6.07 Å². The molecular weight excluding hydrogens is 384 g/mol. The van der Waals surface area contributed by atoms with Gasteiger partial charge in [0.05, 0.1) is 23.9 Å². The zero-order chi connectivity index (χ0) is 21.1. The van der Waals surface area contributed by atoms with Crippen LogP contribution in [0.5, 0.6) is 0 Å². The number of aliphatic hydroxyl groups excluding tert-OH is 1. The highest BCUT2D eigenvalue weighted by molar-refractivity contribution is 5.87. The molecule has 2 N–H and O–H groups in total. The molecule has 0 bridgehead atoms. The Morgan fingerprint density at radius 3 is 2.53 bits per heavy atom. The topological polar surface area (TPSA) is 97.2 Å². The fraction of sp³-hybridized carbons (Fsp3) is 0.409. The largest absolute Gasteiger partial charge is 0.478 e. The van der Waals surface area contributed by atoms with Gasteiger partial charge in [-0.05, 0) is 29.7 Å². The third kappa shape index (κ3) is 4.60. The van der Waals surface area contributed by atoms with Crippen molar-refractivity contribution in [1.29, 1.82) is 0 Å². The fourth-order valence-corrected chi connectivity index (χ4v) is 4.11. The summed E-state index contributed by atoms with van der Waals surface area (Å²) in [5.74, 6) is -1.02. The molecule has 8 heteroatoms. The van der Waals surface area contributed by atoms with E-state index in [0.717, 1.165) is 19.5 Å². The molecule has 8 nitrogen and oxygen atoms in total. The van der Waals surface area contributed by atoms with Gasteiger partial charge in [0.15, 0.2) is 0 Å². The Balaban J connectivity index is 1.27. The van der Waals surface area contributed by atoms with E-state index in [1.165, 1.54) is 23.4 Å². The van der Waals surface area contributed by atoms with E-state index >= 15 is 0 Å². The minimum atomic E-state index is -1.02. The maximum Gasteiger partial charge on any atom is 0.337 e. The number of carbonyl (C=O) groups excluding carboxylic acids is 1. The number of aliphatic hydroxyl groups is 1. The number of carboxylic acids is 1. The highest BCUT2D eigenvalue weighted by Gasteiger charge is 2.30. The fourth-order valence-electron chi connectivity index (χ4n) is 4.11. The second-order valence-electron chi connectivity index (χ2n) is 7.90. The van der Waals surface area contributed by atoms with Gasteiger partial charge < -0.3 is 20.0 Å². The molecule has 2 aromatic rings. The number of hydrogen-bond acceptors (Lipinski definition) is 5. The molecule has 1 unspecified atom stereocenters. The lowest BCUT2D eigenvalue weighted by atomic mass is 10.00. The maximum atomic E-state index is 12.7. The SMILES string of the molecule is O=C(O)c1ccc(CN2CCN(CC(O)CN3CCc4ccccc4C3)C2=O)nc1. The molecule has 0 spiro atoms. The number of fused-ring (bicyclic) bond motifs is 1. The third-order valence-corrected chi connectivity index (χ3v) is 5.72. The standard InChI is InChI=1S/C22H26N4O4/c27-20(14-24-8-7-16-3-1-2-4-18(16)12-24)15-26-10-9-25(22(26)30)13-19-6-5-17(11-23-19)21(28)29/h1-6,11,20,27H,7-10,12-15H2,(H,28,29). The summed E-state index contributed by atoms with van der Waals surface area (Å²) in [5, 5.41) is 19.5. The highest BCUT2D eigenvalue weighted by atomic mass is 16.4. The van der Waals surface area contributed by atoms with Crippen LogP contribution in [-0.4, -0.2) is 80.7 Å². The zero-order valence-corrected chi connectivity index (χ0v) is 16.8. The number of nitrogens with zero attached hydrogens (tertiary/aromatic N) is 4. The van der Waals surface area contributed by atoms with E-state index < -0.39 is 12.1 Å². The summed E-state index contributed by atoms with van der Waals surface area (Å²) in [6.45, 7) is 4.03. The van der Waals surface area contributed by atoms with Gasteiger partial charge in [0.2, 0.25) is 0 Å². The number of aromatic nitrogens is 1. The number of carboxylic acid groups (broad SMARTS) is 1. The molecule has 2 aliphatic rings. The van der Waals surface area contributed by atoms with Gasteiger partial charge in [0.25, 0.3) is 0 Å². The summed E-state index contributed by atoms with van der Waals surface area (Å²) in [6, 6.07) is 11.4. The summed E-state index contributed by atoms with van der Waals surface area (Å²) in [5.41, 5.74) is 3.44. The Morgan fingerprint density at radius 2 is 1.80 bits per heavy atom. The number of hydrogen-bond donors (Lipinski definition) is 2. The number of urea groups is 1. The lowest BCUT2D eigenvalue weighted by Gasteiger charge is -2.31. The van der Waals surface area contributed by atoms with Crippen LogP contribution < -0.4 is 0 Å². The van der Waals surface area contributed by atoms with Gasteiger partial charge in [0, 0.05) is 45.5 Å². The Bertz CT molecular complexity index is 918. The molecule has 30 heavy (non-hydrogen) atoms. The number of pyridine rings is 1. The summed E-state index contributed by atoms with van der Waals surface area (Å²) >= 11 is 0. The molecule has 1 atom stereocenters. The Kier molecular flexibility index (Phi) is 5.96. The number of amides is 2. The monoisotopic (exact) mass is 410 g/mol. The number of β-amino-alcohol motifs (C(OH)–C–C–N with tert-alkyl or cyclic N) is 1. The second kappa shape index (κ2) is 8.81. The summed E-state index contributed by atoms with van der Waals surface area (Å²) in [6.07, 6.45) is 1.68. The number of benzene rings is 1. The van der Waals surface area contributed by atoms with Crippen molar-refractivity contribution in [1.82, 2.24) is 19.7 Å². The van der Waals surface area contributed by atoms with Crippen molar-refractivity contribution in [2.75, 3.05) is 32.7 Å². The zero-order valence-electron chi connectivity index (χ0n) is 16.8. The van der Waals surface area contributed by atoms with Gasteiger partial charge in [-0.3, -0.25) is 9.88 Å². The van der Waals surface area contributed by atoms with Crippen molar-refractivity contribution in [3.8, 4) is 0 Å². The lowest BCUT2D eigenvalue weighted by Crippen LogP contribution is -2.43. The minimum absolute atomic E-state index is 0.122. The van der Waals surface area contributed by atoms with Crippen LogP contribution in [0.2, 0.25) is 0 Å². The van der Waals surface area contributed by atoms with Crippen LogP contribution in [0.1, 0.15) is 27.2 Å². The van der Waals surface area contributed by atoms with Gasteiger partial charge in [0.1, 0.15) is 0 Å². The predicted molar refractivity (Wildman–Crippen MR) is 110 cm³/mol. The Morgan fingerprint density at radius 1 is 1.03 bits per heavy atom. The molecule has 1 aromatic heterocycles. The molecule has 0 aliphatic carbocycles. The molecule has 1 aromatic carbocycles. The van der Waals surface area contributed by atoms with Gasteiger partial charge in [-0.1, -0.05) is 24.3 Å². The first-order valence-corrected chi connectivity index (χ1v) is 10.2. The normalized spacial score (nSPS) is 17.8. The van der Waals surface area contributed by atoms with Crippen molar-refractivity contribution in [3.05, 3.63) is 65.0 Å². The van der Waals surface area contributed by atoms with Gasteiger partial charge >= 0.3 is 12.0 Å². The molecular formula is C22H26N4O4. The minimum Gasteiger partial charge on any atom is -0.478 e. The second-order valence-corrected chi connectivity index (χ2v) is 7.90. The van der Waals surface area contributed by atoms with Crippen molar-refractivity contribution in [2.45, 2.75) is 25.6 Å². The molecule has 4 rings (SSSR count). The first-order chi connectivity index (χ1) is 14.5. The predicted octanol–water partition coefficient (Wildman–Crippen LogP) is 1.44. The van der Waals surface area contributed by atoms with E-state index in [2.05, 4.69) is 28.1 Å². The quantitative estimate of drug-likeness (QED) is 0.717. The van der Waals surface area contributed by atoms with E-state index in [9.17, 15) is 14.7 Å². The number of rotatable bonds is 7. The van der Waals surface area contributed by atoms with Gasteiger partial charge in [-0.25, -0.2) is 9.59 Å². The highest BCUT2D eigenvalue weighted by Crippen LogP contribution is 2.19. The summed E-state index contributed by atoms with van der Waals surface area (Å²) in [4.78, 5) is 33.3. The molecule has 0 radical (unpaired) electrons. The van der Waals surface area contributed by atoms with Crippen LogP contribution in [0.25, 0.3) is 0 Å².